The van der Waals surface area contributed by atoms with Gasteiger partial charge in [-0.25, -0.2) is 0 Å². The van der Waals surface area contributed by atoms with Crippen molar-refractivity contribution in [1.82, 2.24) is 0 Å². The Bertz CT molecular complexity index is 511. The second-order valence-corrected chi connectivity index (χ2v) is 4.80. The van der Waals surface area contributed by atoms with Crippen LogP contribution in [0.1, 0.15) is 17.2 Å². The topological polar surface area (TPSA) is 26.0 Å². The van der Waals surface area contributed by atoms with Gasteiger partial charge in [0.1, 0.15) is 0 Å². The Labute approximate surface area is 111 Å². The zero-order valence-corrected chi connectivity index (χ0v) is 10.7. The fourth-order valence-electron chi connectivity index (χ4n) is 1.76. The minimum Gasteiger partial charge on any atom is -0.324 e. The van der Waals surface area contributed by atoms with Crippen molar-refractivity contribution in [2.45, 2.75) is 12.5 Å². The van der Waals surface area contributed by atoms with Crippen LogP contribution in [0, 0.1) is 0 Å². The van der Waals surface area contributed by atoms with Crippen LogP contribution in [0.4, 0.5) is 0 Å². The van der Waals surface area contributed by atoms with Gasteiger partial charge in [0.2, 0.25) is 0 Å². The summed E-state index contributed by atoms with van der Waals surface area (Å²) in [5, 5.41) is 1.46. The lowest BCUT2D eigenvalue weighted by molar-refractivity contribution is 0.722. The molecule has 17 heavy (non-hydrogen) atoms. The Morgan fingerprint density at radius 1 is 1.00 bits per heavy atom. The number of benzene rings is 2. The van der Waals surface area contributed by atoms with Gasteiger partial charge in [0.05, 0.1) is 0 Å². The molecule has 0 bridgehead atoms. The summed E-state index contributed by atoms with van der Waals surface area (Å²) in [5.74, 6) is 0. The maximum atomic E-state index is 6.15. The zero-order chi connectivity index (χ0) is 12.3. The molecule has 1 unspecified atom stereocenters. The highest BCUT2D eigenvalue weighted by Crippen LogP contribution is 2.23. The number of halogens is 2. The van der Waals surface area contributed by atoms with E-state index >= 15 is 0 Å². The lowest BCUT2D eigenvalue weighted by Gasteiger charge is -2.13. The third-order valence-corrected chi connectivity index (χ3v) is 3.28. The van der Waals surface area contributed by atoms with E-state index in [2.05, 4.69) is 0 Å². The molecule has 1 atom stereocenters. The average Bonchev–Trinajstić information content (AvgIpc) is 2.32. The normalized spacial score (nSPS) is 12.4. The molecule has 0 aromatic heterocycles. The molecular formula is C14H13Cl2N. The molecule has 0 saturated carbocycles. The number of hydrogen-bond donors (Lipinski definition) is 1. The van der Waals surface area contributed by atoms with Gasteiger partial charge in [-0.2, -0.15) is 0 Å². The van der Waals surface area contributed by atoms with E-state index in [9.17, 15) is 0 Å². The Kier molecular flexibility index (Phi) is 4.06. The molecule has 0 spiro atoms. The highest BCUT2D eigenvalue weighted by molar-refractivity contribution is 6.31. The van der Waals surface area contributed by atoms with Gasteiger partial charge in [0.25, 0.3) is 0 Å². The monoisotopic (exact) mass is 265 g/mol. The minimum atomic E-state index is -0.0893. The first-order valence-corrected chi connectivity index (χ1v) is 6.17. The van der Waals surface area contributed by atoms with Crippen molar-refractivity contribution in [2.75, 3.05) is 0 Å². The first-order valence-electron chi connectivity index (χ1n) is 5.41. The maximum Gasteiger partial charge on any atom is 0.0438 e. The van der Waals surface area contributed by atoms with E-state index < -0.39 is 0 Å². The van der Waals surface area contributed by atoms with Crippen molar-refractivity contribution in [1.29, 1.82) is 0 Å². The van der Waals surface area contributed by atoms with Crippen LogP contribution in [0.25, 0.3) is 0 Å². The predicted octanol–water partition coefficient (Wildman–Crippen LogP) is 4.24. The molecule has 2 rings (SSSR count). The van der Waals surface area contributed by atoms with E-state index in [-0.39, 0.29) is 6.04 Å². The molecule has 0 radical (unpaired) electrons. The molecule has 2 N–H and O–H groups in total. The summed E-state index contributed by atoms with van der Waals surface area (Å²) in [6.07, 6.45) is 0.708. The first kappa shape index (κ1) is 12.4. The van der Waals surface area contributed by atoms with E-state index in [0.29, 0.717) is 11.4 Å². The molecule has 2 aromatic rings. The van der Waals surface area contributed by atoms with Crippen LogP contribution in [-0.4, -0.2) is 0 Å². The summed E-state index contributed by atoms with van der Waals surface area (Å²) in [6.45, 7) is 0. The van der Waals surface area contributed by atoms with Crippen LogP contribution in [0.15, 0.2) is 48.5 Å². The largest absolute Gasteiger partial charge is 0.324 e. The highest BCUT2D eigenvalue weighted by atomic mass is 35.5. The van der Waals surface area contributed by atoms with Gasteiger partial charge in [0.15, 0.2) is 0 Å². The summed E-state index contributed by atoms with van der Waals surface area (Å²) < 4.78 is 0. The molecule has 0 fully saturated rings. The van der Waals surface area contributed by atoms with Gasteiger partial charge in [0, 0.05) is 16.1 Å². The summed E-state index contributed by atoms with van der Waals surface area (Å²) in [4.78, 5) is 0. The number of rotatable bonds is 3. The van der Waals surface area contributed by atoms with Crippen LogP contribution in [-0.2, 0) is 6.42 Å². The molecule has 2 aromatic carbocycles. The van der Waals surface area contributed by atoms with Gasteiger partial charge < -0.3 is 5.73 Å². The van der Waals surface area contributed by atoms with E-state index in [1.165, 1.54) is 0 Å². The third-order valence-electron chi connectivity index (χ3n) is 2.67. The minimum absolute atomic E-state index is 0.0893. The van der Waals surface area contributed by atoms with Crippen molar-refractivity contribution >= 4 is 23.2 Å². The molecular weight excluding hydrogens is 253 g/mol. The number of nitrogens with two attached hydrogens (primary N) is 1. The Hall–Kier alpha value is -1.02. The fourth-order valence-corrected chi connectivity index (χ4v) is 2.17. The Morgan fingerprint density at radius 2 is 1.76 bits per heavy atom. The van der Waals surface area contributed by atoms with Crippen LogP contribution in [0.2, 0.25) is 10.0 Å². The van der Waals surface area contributed by atoms with Crippen molar-refractivity contribution in [2.24, 2.45) is 5.73 Å². The maximum absolute atomic E-state index is 6.15. The van der Waals surface area contributed by atoms with Gasteiger partial charge >= 0.3 is 0 Å². The Morgan fingerprint density at radius 3 is 2.47 bits per heavy atom. The van der Waals surface area contributed by atoms with Crippen LogP contribution >= 0.6 is 23.2 Å². The molecule has 0 heterocycles. The molecule has 0 amide bonds. The molecule has 3 heteroatoms. The Balaban J connectivity index is 2.17. The molecule has 0 aliphatic carbocycles. The van der Waals surface area contributed by atoms with Crippen molar-refractivity contribution in [3.63, 3.8) is 0 Å². The lowest BCUT2D eigenvalue weighted by Crippen LogP contribution is -2.13. The third kappa shape index (κ3) is 3.22. The summed E-state index contributed by atoms with van der Waals surface area (Å²) in [6, 6.07) is 15.3. The molecule has 0 saturated heterocycles. The lowest BCUT2D eigenvalue weighted by atomic mass is 10.00. The predicted molar refractivity (Wildman–Crippen MR) is 73.5 cm³/mol. The standard InChI is InChI=1S/C14H13Cl2N/c15-12-6-3-5-11(8-12)14(17)9-10-4-1-2-7-13(10)16/h1-8,14H,9,17H2. The van der Waals surface area contributed by atoms with E-state index in [0.717, 1.165) is 16.1 Å². The second kappa shape index (κ2) is 5.54. The fraction of sp³-hybridized carbons (Fsp3) is 0.143. The van der Waals surface area contributed by atoms with E-state index in [4.69, 9.17) is 28.9 Å². The quantitative estimate of drug-likeness (QED) is 0.883. The van der Waals surface area contributed by atoms with Crippen LogP contribution in [0.5, 0.6) is 0 Å². The average molecular weight is 266 g/mol. The molecule has 1 nitrogen and oxygen atoms in total. The second-order valence-electron chi connectivity index (χ2n) is 3.96. The van der Waals surface area contributed by atoms with Crippen LogP contribution in [0.3, 0.4) is 0 Å². The van der Waals surface area contributed by atoms with E-state index in [1.54, 1.807) is 0 Å². The van der Waals surface area contributed by atoms with Crippen LogP contribution < -0.4 is 5.73 Å². The smallest absolute Gasteiger partial charge is 0.0438 e. The zero-order valence-electron chi connectivity index (χ0n) is 9.24. The summed E-state index contributed by atoms with van der Waals surface area (Å²) >= 11 is 12.0. The van der Waals surface area contributed by atoms with Gasteiger partial charge in [-0.3, -0.25) is 0 Å². The van der Waals surface area contributed by atoms with Crippen molar-refractivity contribution in [3.05, 3.63) is 69.7 Å². The first-order chi connectivity index (χ1) is 8.16. The summed E-state index contributed by atoms with van der Waals surface area (Å²) in [7, 11) is 0. The van der Waals surface area contributed by atoms with Crippen molar-refractivity contribution < 1.29 is 0 Å². The molecule has 88 valence electrons. The van der Waals surface area contributed by atoms with E-state index in [1.807, 2.05) is 48.5 Å². The summed E-state index contributed by atoms with van der Waals surface area (Å²) in [5.41, 5.74) is 8.23. The van der Waals surface area contributed by atoms with Gasteiger partial charge in [-0.05, 0) is 35.7 Å². The van der Waals surface area contributed by atoms with Gasteiger partial charge in [-0.1, -0.05) is 53.5 Å². The SMILES string of the molecule is NC(Cc1ccccc1Cl)c1cccc(Cl)c1. The van der Waals surface area contributed by atoms with Gasteiger partial charge in [-0.15, -0.1) is 0 Å². The molecule has 0 aliphatic heterocycles. The molecule has 0 aliphatic rings. The highest BCUT2D eigenvalue weighted by Gasteiger charge is 2.09. The van der Waals surface area contributed by atoms with Crippen molar-refractivity contribution in [3.8, 4) is 0 Å². The number of hydrogen-bond acceptors (Lipinski definition) is 1.